The number of sulfone groups is 1. The fraction of sp³-hybridized carbons (Fsp3) is 0.917. The number of halogens is 1. The zero-order valence-electron chi connectivity index (χ0n) is 12.2. The molecule has 19 heavy (non-hydrogen) atoms. The Morgan fingerprint density at radius 2 is 1.79 bits per heavy atom. The number of aliphatic imine (C=N–C) groups is 1. The molecule has 7 heteroatoms. The molecule has 0 bridgehead atoms. The Hall–Kier alpha value is -0.0500. The molecule has 0 unspecified atom stereocenters. The van der Waals surface area contributed by atoms with Crippen LogP contribution in [0.15, 0.2) is 4.99 Å². The first-order chi connectivity index (χ1) is 8.49. The summed E-state index contributed by atoms with van der Waals surface area (Å²) in [6, 6.07) is 0. The standard InChI is InChI=1S/C12H27N3O2S.HI/c1-4-6-7-9-14-12(13-5-2)15-10-8-11-18(3,16)17;/h4-11H2,1-3H3,(H2,13,14,15);1H. The number of nitrogens with one attached hydrogen (secondary N) is 2. The Bertz CT molecular complexity index is 332. The minimum atomic E-state index is -2.87. The van der Waals surface area contributed by atoms with E-state index in [0.29, 0.717) is 13.0 Å². The van der Waals surface area contributed by atoms with Crippen molar-refractivity contribution in [2.75, 3.05) is 31.6 Å². The number of hydrogen-bond donors (Lipinski definition) is 2. The Labute approximate surface area is 135 Å². The van der Waals surface area contributed by atoms with Crippen LogP contribution in [0.5, 0.6) is 0 Å². The molecule has 0 aliphatic heterocycles. The quantitative estimate of drug-likeness (QED) is 0.266. The summed E-state index contributed by atoms with van der Waals surface area (Å²) in [6.45, 7) is 6.44. The van der Waals surface area contributed by atoms with E-state index < -0.39 is 9.84 Å². The lowest BCUT2D eigenvalue weighted by molar-refractivity contribution is 0.599. The van der Waals surface area contributed by atoms with Gasteiger partial charge in [-0.1, -0.05) is 19.8 Å². The second kappa shape index (κ2) is 13.0. The normalized spacial score (nSPS) is 11.8. The number of nitrogens with zero attached hydrogens (tertiary/aromatic N) is 1. The number of hydrogen-bond acceptors (Lipinski definition) is 3. The first-order valence-corrected chi connectivity index (χ1v) is 8.75. The highest BCUT2D eigenvalue weighted by molar-refractivity contribution is 14.0. The Morgan fingerprint density at radius 1 is 1.11 bits per heavy atom. The van der Waals surface area contributed by atoms with Crippen molar-refractivity contribution in [3.05, 3.63) is 0 Å². The molecule has 0 atom stereocenters. The van der Waals surface area contributed by atoms with Gasteiger partial charge in [0.2, 0.25) is 0 Å². The van der Waals surface area contributed by atoms with Crippen molar-refractivity contribution >= 4 is 39.8 Å². The lowest BCUT2D eigenvalue weighted by Crippen LogP contribution is -2.37. The summed E-state index contributed by atoms with van der Waals surface area (Å²) in [5.41, 5.74) is 0. The third kappa shape index (κ3) is 15.9. The average Bonchev–Trinajstić information content (AvgIpc) is 2.28. The van der Waals surface area contributed by atoms with E-state index in [1.807, 2.05) is 6.92 Å². The van der Waals surface area contributed by atoms with Crippen molar-refractivity contribution < 1.29 is 8.42 Å². The monoisotopic (exact) mass is 405 g/mol. The fourth-order valence-electron chi connectivity index (χ4n) is 1.44. The van der Waals surface area contributed by atoms with Crippen LogP contribution >= 0.6 is 24.0 Å². The molecule has 0 aromatic rings. The van der Waals surface area contributed by atoms with Crippen LogP contribution in [0.1, 0.15) is 39.5 Å². The predicted octanol–water partition coefficient (Wildman–Crippen LogP) is 1.78. The van der Waals surface area contributed by atoms with Crippen LogP contribution < -0.4 is 10.6 Å². The SMILES string of the molecule is CCCCCNC(=NCCCS(C)(=O)=O)NCC.I. The highest BCUT2D eigenvalue weighted by atomic mass is 127. The second-order valence-electron chi connectivity index (χ2n) is 4.38. The minimum absolute atomic E-state index is 0. The van der Waals surface area contributed by atoms with Crippen molar-refractivity contribution in [1.29, 1.82) is 0 Å². The zero-order valence-corrected chi connectivity index (χ0v) is 15.4. The maximum Gasteiger partial charge on any atom is 0.191 e. The van der Waals surface area contributed by atoms with Crippen LogP contribution in [-0.4, -0.2) is 46.0 Å². The van der Waals surface area contributed by atoms with Gasteiger partial charge in [-0.25, -0.2) is 8.42 Å². The molecule has 0 aliphatic rings. The van der Waals surface area contributed by atoms with Gasteiger partial charge >= 0.3 is 0 Å². The van der Waals surface area contributed by atoms with Gasteiger partial charge in [-0.3, -0.25) is 4.99 Å². The highest BCUT2D eigenvalue weighted by Crippen LogP contribution is 1.92. The largest absolute Gasteiger partial charge is 0.357 e. The van der Waals surface area contributed by atoms with Crippen molar-refractivity contribution in [3.63, 3.8) is 0 Å². The van der Waals surface area contributed by atoms with Gasteiger partial charge in [-0.2, -0.15) is 0 Å². The smallest absolute Gasteiger partial charge is 0.191 e. The molecule has 0 aromatic carbocycles. The molecule has 2 N–H and O–H groups in total. The summed E-state index contributed by atoms with van der Waals surface area (Å²) >= 11 is 0. The third-order valence-corrected chi connectivity index (χ3v) is 3.39. The van der Waals surface area contributed by atoms with Crippen molar-refractivity contribution in [3.8, 4) is 0 Å². The number of unbranched alkanes of at least 4 members (excludes halogenated alkanes) is 2. The molecule has 116 valence electrons. The molecule has 0 rings (SSSR count). The molecule has 0 fully saturated rings. The summed E-state index contributed by atoms with van der Waals surface area (Å²) in [6.07, 6.45) is 5.36. The molecule has 0 saturated heterocycles. The summed E-state index contributed by atoms with van der Waals surface area (Å²) in [4.78, 5) is 4.34. The van der Waals surface area contributed by atoms with Gasteiger partial charge in [0, 0.05) is 25.9 Å². The maximum absolute atomic E-state index is 11.0. The molecular weight excluding hydrogens is 377 g/mol. The van der Waals surface area contributed by atoms with Gasteiger partial charge in [0.15, 0.2) is 5.96 Å². The summed E-state index contributed by atoms with van der Waals surface area (Å²) in [7, 11) is -2.87. The number of rotatable bonds is 9. The van der Waals surface area contributed by atoms with E-state index in [4.69, 9.17) is 0 Å². The van der Waals surface area contributed by atoms with Crippen LogP contribution in [-0.2, 0) is 9.84 Å². The molecule has 0 heterocycles. The predicted molar refractivity (Wildman–Crippen MR) is 93.2 cm³/mol. The van der Waals surface area contributed by atoms with E-state index in [1.165, 1.54) is 19.1 Å². The third-order valence-electron chi connectivity index (χ3n) is 2.36. The first-order valence-electron chi connectivity index (χ1n) is 6.69. The number of guanidine groups is 1. The maximum atomic E-state index is 11.0. The molecule has 0 radical (unpaired) electrons. The molecule has 0 aromatic heterocycles. The average molecular weight is 405 g/mol. The van der Waals surface area contributed by atoms with Crippen LogP contribution in [0.4, 0.5) is 0 Å². The van der Waals surface area contributed by atoms with Gasteiger partial charge in [0.05, 0.1) is 5.75 Å². The minimum Gasteiger partial charge on any atom is -0.357 e. The van der Waals surface area contributed by atoms with Gasteiger partial charge in [-0.15, -0.1) is 24.0 Å². The van der Waals surface area contributed by atoms with E-state index in [2.05, 4.69) is 22.5 Å². The zero-order chi connectivity index (χ0) is 13.9. The molecule has 0 amide bonds. The summed E-state index contributed by atoms with van der Waals surface area (Å²) in [5.74, 6) is 0.980. The van der Waals surface area contributed by atoms with E-state index in [9.17, 15) is 8.42 Å². The van der Waals surface area contributed by atoms with E-state index in [1.54, 1.807) is 0 Å². The van der Waals surface area contributed by atoms with Crippen LogP contribution in [0.25, 0.3) is 0 Å². The fourth-order valence-corrected chi connectivity index (χ4v) is 2.09. The first kappa shape index (κ1) is 21.3. The topological polar surface area (TPSA) is 70.6 Å². The van der Waals surface area contributed by atoms with Gasteiger partial charge < -0.3 is 10.6 Å². The summed E-state index contributed by atoms with van der Waals surface area (Å²) in [5, 5.41) is 6.39. The highest BCUT2D eigenvalue weighted by Gasteiger charge is 2.01. The lowest BCUT2D eigenvalue weighted by Gasteiger charge is -2.10. The Morgan fingerprint density at radius 3 is 2.32 bits per heavy atom. The Balaban J connectivity index is 0. The van der Waals surface area contributed by atoms with Gasteiger partial charge in [0.1, 0.15) is 9.84 Å². The van der Waals surface area contributed by atoms with E-state index in [0.717, 1.165) is 25.5 Å². The van der Waals surface area contributed by atoms with Gasteiger partial charge in [0.25, 0.3) is 0 Å². The van der Waals surface area contributed by atoms with Crippen LogP contribution in [0, 0.1) is 0 Å². The van der Waals surface area contributed by atoms with Crippen LogP contribution in [0.2, 0.25) is 0 Å². The van der Waals surface area contributed by atoms with Crippen molar-refractivity contribution in [1.82, 2.24) is 10.6 Å². The molecule has 0 aliphatic carbocycles. The molecule has 0 spiro atoms. The molecular formula is C12H28IN3O2S. The second-order valence-corrected chi connectivity index (χ2v) is 6.64. The summed E-state index contributed by atoms with van der Waals surface area (Å²) < 4.78 is 21.9. The molecule has 0 saturated carbocycles. The van der Waals surface area contributed by atoms with Crippen molar-refractivity contribution in [2.24, 2.45) is 4.99 Å². The Kier molecular flexibility index (Phi) is 14.5. The van der Waals surface area contributed by atoms with E-state index in [-0.39, 0.29) is 29.7 Å². The lowest BCUT2D eigenvalue weighted by atomic mass is 10.2. The molecule has 5 nitrogen and oxygen atoms in total. The van der Waals surface area contributed by atoms with Gasteiger partial charge in [-0.05, 0) is 19.8 Å². The van der Waals surface area contributed by atoms with Crippen LogP contribution in [0.3, 0.4) is 0 Å². The van der Waals surface area contributed by atoms with Crippen molar-refractivity contribution in [2.45, 2.75) is 39.5 Å². The van der Waals surface area contributed by atoms with E-state index >= 15 is 0 Å².